The molecule has 0 spiro atoms. The number of nitrogens with one attached hydrogen (secondary N) is 1. The lowest BCUT2D eigenvalue weighted by Gasteiger charge is -2.13. The molecule has 7 heteroatoms. The third-order valence-electron chi connectivity index (χ3n) is 1.67. The van der Waals surface area contributed by atoms with Gasteiger partial charge in [0.1, 0.15) is 6.04 Å². The molecule has 92 valence electrons. The van der Waals surface area contributed by atoms with Crippen LogP contribution in [0.25, 0.3) is 0 Å². The second-order valence-corrected chi connectivity index (χ2v) is 3.10. The fourth-order valence-corrected chi connectivity index (χ4v) is 0.904. The molecule has 3 N–H and O–H groups in total. The lowest BCUT2D eigenvalue weighted by atomic mass is 10.1. The van der Waals surface area contributed by atoms with E-state index in [1.165, 1.54) is 0 Å². The molecule has 0 aliphatic rings. The number of hydrogen-bond acceptors (Lipinski definition) is 4. The Bertz CT molecular complexity index is 265. The smallest absolute Gasteiger partial charge is 0.407 e. The number of hydrogen-bond donors (Lipinski definition) is 3. The molecule has 0 saturated heterocycles. The number of carbonyl (C=O) groups excluding carboxylic acids is 1. The maximum absolute atomic E-state index is 11.0. The first kappa shape index (κ1) is 14.2. The number of alkyl carbamates (subject to hydrolysis) is 1. The summed E-state index contributed by atoms with van der Waals surface area (Å²) in [6.07, 6.45) is -0.725. The normalized spacial score (nSPS) is 11.6. The number of carbonyl (C=O) groups is 3. The minimum absolute atomic E-state index is 0.175. The largest absolute Gasteiger partial charge is 0.481 e. The molecule has 1 unspecified atom stereocenters. The molecule has 0 aromatic carbocycles. The zero-order valence-corrected chi connectivity index (χ0v) is 8.93. The molecule has 0 aromatic heterocycles. The first-order valence-corrected chi connectivity index (χ1v) is 4.85. The van der Waals surface area contributed by atoms with Crippen molar-refractivity contribution < 1.29 is 29.3 Å². The maximum Gasteiger partial charge on any atom is 0.407 e. The lowest BCUT2D eigenvalue weighted by molar-refractivity contribution is -0.140. The Morgan fingerprint density at radius 2 is 1.94 bits per heavy atom. The van der Waals surface area contributed by atoms with Crippen molar-refractivity contribution in [3.05, 3.63) is 0 Å². The van der Waals surface area contributed by atoms with Crippen molar-refractivity contribution in [2.75, 3.05) is 6.61 Å². The molecule has 0 aliphatic heterocycles. The minimum atomic E-state index is -1.28. The summed E-state index contributed by atoms with van der Waals surface area (Å²) in [6.45, 7) is 1.99. The van der Waals surface area contributed by atoms with Crippen molar-refractivity contribution in [1.82, 2.24) is 5.32 Å². The van der Waals surface area contributed by atoms with Gasteiger partial charge in [0, 0.05) is 6.42 Å². The van der Waals surface area contributed by atoms with Crippen molar-refractivity contribution in [2.24, 2.45) is 0 Å². The number of aliphatic carboxylic acids is 2. The minimum Gasteiger partial charge on any atom is -0.481 e. The molecule has 0 radical (unpaired) electrons. The van der Waals surface area contributed by atoms with Gasteiger partial charge in [0.2, 0.25) is 0 Å². The van der Waals surface area contributed by atoms with Crippen molar-refractivity contribution in [1.29, 1.82) is 0 Å². The van der Waals surface area contributed by atoms with Crippen molar-refractivity contribution >= 4 is 18.0 Å². The van der Waals surface area contributed by atoms with E-state index in [-0.39, 0.29) is 19.4 Å². The maximum atomic E-state index is 11.0. The van der Waals surface area contributed by atoms with E-state index in [2.05, 4.69) is 10.1 Å². The summed E-state index contributed by atoms with van der Waals surface area (Å²) in [7, 11) is 0. The number of rotatable bonds is 7. The summed E-state index contributed by atoms with van der Waals surface area (Å²) in [5.41, 5.74) is 0. The topological polar surface area (TPSA) is 113 Å². The first-order valence-electron chi connectivity index (χ1n) is 4.85. The summed E-state index contributed by atoms with van der Waals surface area (Å²) >= 11 is 0. The van der Waals surface area contributed by atoms with Gasteiger partial charge in [-0.3, -0.25) is 4.79 Å². The van der Waals surface area contributed by atoms with Gasteiger partial charge < -0.3 is 20.3 Å². The highest BCUT2D eigenvalue weighted by Gasteiger charge is 2.21. The van der Waals surface area contributed by atoms with Crippen LogP contribution in [0.3, 0.4) is 0 Å². The SMILES string of the molecule is CCCOC(=O)NC(CCC(=O)O)C(=O)O. The molecule has 1 atom stereocenters. The Labute approximate surface area is 92.4 Å². The van der Waals surface area contributed by atoms with Gasteiger partial charge in [0.25, 0.3) is 0 Å². The van der Waals surface area contributed by atoms with Gasteiger partial charge >= 0.3 is 18.0 Å². The highest BCUT2D eigenvalue weighted by molar-refractivity contribution is 5.80. The Morgan fingerprint density at radius 3 is 2.38 bits per heavy atom. The predicted octanol–water partition coefficient (Wildman–Crippen LogP) is 0.441. The lowest BCUT2D eigenvalue weighted by Crippen LogP contribution is -2.41. The van der Waals surface area contributed by atoms with E-state index >= 15 is 0 Å². The summed E-state index contributed by atoms with van der Waals surface area (Å²) in [4.78, 5) is 31.9. The Balaban J connectivity index is 4.07. The Kier molecular flexibility index (Phi) is 6.66. The van der Waals surface area contributed by atoms with Gasteiger partial charge in [0.15, 0.2) is 0 Å². The van der Waals surface area contributed by atoms with E-state index in [1.807, 2.05) is 0 Å². The van der Waals surface area contributed by atoms with Gasteiger partial charge in [-0.2, -0.15) is 0 Å². The second-order valence-electron chi connectivity index (χ2n) is 3.10. The highest BCUT2D eigenvalue weighted by Crippen LogP contribution is 1.98. The molecule has 0 rings (SSSR count). The summed E-state index contributed by atoms with van der Waals surface area (Å²) in [6, 6.07) is -1.24. The molecule has 0 bridgehead atoms. The van der Waals surface area contributed by atoms with Gasteiger partial charge in [0.05, 0.1) is 6.61 Å². The molecule has 0 heterocycles. The molecule has 0 aliphatic carbocycles. The van der Waals surface area contributed by atoms with Crippen molar-refractivity contribution in [3.63, 3.8) is 0 Å². The zero-order valence-electron chi connectivity index (χ0n) is 8.93. The molecule has 0 aromatic rings. The van der Waals surface area contributed by atoms with Crippen LogP contribution in [-0.4, -0.2) is 40.9 Å². The van der Waals surface area contributed by atoms with E-state index in [0.29, 0.717) is 6.42 Å². The van der Waals surface area contributed by atoms with Gasteiger partial charge in [-0.1, -0.05) is 6.92 Å². The molecule has 16 heavy (non-hydrogen) atoms. The summed E-state index contributed by atoms with van der Waals surface area (Å²) in [5, 5.41) is 19.2. The van der Waals surface area contributed by atoms with Crippen LogP contribution < -0.4 is 5.32 Å². The summed E-state index contributed by atoms with van der Waals surface area (Å²) in [5.74, 6) is -2.40. The van der Waals surface area contributed by atoms with E-state index in [0.717, 1.165) is 0 Å². The number of carboxylic acids is 2. The highest BCUT2D eigenvalue weighted by atomic mass is 16.5. The fraction of sp³-hybridized carbons (Fsp3) is 0.667. The van der Waals surface area contributed by atoms with Gasteiger partial charge in [-0.05, 0) is 12.8 Å². The van der Waals surface area contributed by atoms with Crippen molar-refractivity contribution in [2.45, 2.75) is 32.2 Å². The second kappa shape index (κ2) is 7.49. The van der Waals surface area contributed by atoms with Crippen LogP contribution >= 0.6 is 0 Å². The molecule has 7 nitrogen and oxygen atoms in total. The molecule has 0 saturated carbocycles. The van der Waals surface area contributed by atoms with Crippen LogP contribution in [0.5, 0.6) is 0 Å². The van der Waals surface area contributed by atoms with Crippen LogP contribution in [0.1, 0.15) is 26.2 Å². The number of carboxylic acid groups (broad SMARTS) is 2. The number of amides is 1. The summed E-state index contributed by atoms with van der Waals surface area (Å²) < 4.78 is 4.62. The average molecular weight is 233 g/mol. The molecule has 0 fully saturated rings. The third-order valence-corrected chi connectivity index (χ3v) is 1.67. The van der Waals surface area contributed by atoms with Crippen molar-refractivity contribution in [3.8, 4) is 0 Å². The van der Waals surface area contributed by atoms with E-state index in [1.54, 1.807) is 6.92 Å². The van der Waals surface area contributed by atoms with E-state index in [4.69, 9.17) is 10.2 Å². The third kappa shape index (κ3) is 6.63. The van der Waals surface area contributed by atoms with E-state index in [9.17, 15) is 14.4 Å². The molecule has 1 amide bonds. The van der Waals surface area contributed by atoms with Gasteiger partial charge in [-0.15, -0.1) is 0 Å². The fourth-order valence-electron chi connectivity index (χ4n) is 0.904. The zero-order chi connectivity index (χ0) is 12.6. The quantitative estimate of drug-likeness (QED) is 0.588. The Hall–Kier alpha value is -1.79. The van der Waals surface area contributed by atoms with Gasteiger partial charge in [-0.25, -0.2) is 9.59 Å². The monoisotopic (exact) mass is 233 g/mol. The van der Waals surface area contributed by atoms with Crippen LogP contribution in [0.15, 0.2) is 0 Å². The van der Waals surface area contributed by atoms with Crippen LogP contribution in [0.4, 0.5) is 4.79 Å². The van der Waals surface area contributed by atoms with Crippen LogP contribution in [0.2, 0.25) is 0 Å². The average Bonchev–Trinajstić information content (AvgIpc) is 2.20. The molecular formula is C9H15NO6. The van der Waals surface area contributed by atoms with E-state index < -0.39 is 24.1 Å². The Morgan fingerprint density at radius 1 is 1.31 bits per heavy atom. The number of ether oxygens (including phenoxy) is 1. The molecular weight excluding hydrogens is 218 g/mol. The van der Waals surface area contributed by atoms with Crippen LogP contribution in [-0.2, 0) is 14.3 Å². The first-order chi connectivity index (χ1) is 7.47. The predicted molar refractivity (Wildman–Crippen MR) is 53.1 cm³/mol. The van der Waals surface area contributed by atoms with Crippen LogP contribution in [0, 0.1) is 0 Å². The standard InChI is InChI=1S/C9H15NO6/c1-2-5-16-9(15)10-6(8(13)14)3-4-7(11)12/h6H,2-5H2,1H3,(H,10,15)(H,11,12)(H,13,14).